The minimum Gasteiger partial charge on any atom is -0.325 e. The van der Waals surface area contributed by atoms with Crippen molar-refractivity contribution in [3.05, 3.63) is 72.1 Å². The topological polar surface area (TPSA) is 92.4 Å². The number of hydrazine groups is 1. The van der Waals surface area contributed by atoms with Gasteiger partial charge in [-0.15, -0.1) is 0 Å². The zero-order chi connectivity index (χ0) is 25.4. The number of pyridine rings is 2. The molecule has 2 N–H and O–H groups in total. The van der Waals surface area contributed by atoms with Gasteiger partial charge in [0.25, 0.3) is 10.0 Å². The van der Waals surface area contributed by atoms with Gasteiger partial charge in [-0.05, 0) is 61.6 Å². The Hall–Kier alpha value is -3.02. The maximum absolute atomic E-state index is 13.9. The summed E-state index contributed by atoms with van der Waals surface area (Å²) in [4.78, 5) is 7.97. The first-order valence-corrected chi connectivity index (χ1v) is 12.5. The van der Waals surface area contributed by atoms with Crippen LogP contribution in [0.3, 0.4) is 0 Å². The van der Waals surface area contributed by atoms with Crippen molar-refractivity contribution in [2.24, 2.45) is 5.73 Å². The number of anilines is 1. The molecule has 35 heavy (non-hydrogen) atoms. The van der Waals surface area contributed by atoms with E-state index in [1.165, 1.54) is 24.4 Å². The van der Waals surface area contributed by atoms with E-state index in [2.05, 4.69) is 9.97 Å². The molecule has 2 aromatic heterocycles. The van der Waals surface area contributed by atoms with Crippen LogP contribution in [0, 0.1) is 6.92 Å². The van der Waals surface area contributed by atoms with Crippen molar-refractivity contribution < 1.29 is 21.6 Å². The molecule has 0 aliphatic carbocycles. The van der Waals surface area contributed by atoms with Gasteiger partial charge in [-0.1, -0.05) is 30.3 Å². The Bertz CT molecular complexity index is 1300. The number of sulfonamides is 1. The summed E-state index contributed by atoms with van der Waals surface area (Å²) in [5.41, 5.74) is 5.62. The number of benzene rings is 1. The molecule has 0 atom stereocenters. The molecule has 0 radical (unpaired) electrons. The lowest BCUT2D eigenvalue weighted by molar-refractivity contribution is -0.137. The number of piperidine rings is 1. The van der Waals surface area contributed by atoms with Gasteiger partial charge in [0, 0.05) is 31.0 Å². The smallest absolute Gasteiger partial charge is 0.325 e. The Morgan fingerprint density at radius 1 is 1.03 bits per heavy atom. The number of aromatic nitrogens is 2. The molecule has 4 rings (SSSR count). The lowest BCUT2D eigenvalue weighted by Gasteiger charge is -2.41. The van der Waals surface area contributed by atoms with Gasteiger partial charge >= 0.3 is 6.18 Å². The zero-order valence-electron chi connectivity index (χ0n) is 19.3. The van der Waals surface area contributed by atoms with E-state index in [1.807, 2.05) is 6.92 Å². The molecule has 1 aliphatic heterocycles. The van der Waals surface area contributed by atoms with Crippen LogP contribution in [0.25, 0.3) is 11.1 Å². The molecule has 3 aromatic rings. The van der Waals surface area contributed by atoms with Crippen molar-refractivity contribution in [3.63, 3.8) is 0 Å². The highest BCUT2D eigenvalue weighted by Crippen LogP contribution is 2.40. The van der Waals surface area contributed by atoms with Gasteiger partial charge in [0.1, 0.15) is 0 Å². The van der Waals surface area contributed by atoms with Crippen molar-refractivity contribution in [1.82, 2.24) is 15.0 Å². The fourth-order valence-corrected chi connectivity index (χ4v) is 5.50. The quantitative estimate of drug-likeness (QED) is 0.553. The van der Waals surface area contributed by atoms with E-state index in [-0.39, 0.29) is 29.5 Å². The molecule has 0 saturated carbocycles. The van der Waals surface area contributed by atoms with Crippen LogP contribution >= 0.6 is 0 Å². The van der Waals surface area contributed by atoms with Gasteiger partial charge in [0.2, 0.25) is 0 Å². The summed E-state index contributed by atoms with van der Waals surface area (Å²) >= 11 is 0. The minimum atomic E-state index is -4.68. The van der Waals surface area contributed by atoms with Crippen LogP contribution in [0.5, 0.6) is 0 Å². The van der Waals surface area contributed by atoms with Gasteiger partial charge < -0.3 is 5.73 Å². The number of rotatable bonds is 5. The molecular weight excluding hydrogens is 479 g/mol. The predicted octanol–water partition coefficient (Wildman–Crippen LogP) is 4.39. The zero-order valence-corrected chi connectivity index (χ0v) is 20.1. The van der Waals surface area contributed by atoms with E-state index >= 15 is 0 Å². The van der Waals surface area contributed by atoms with Crippen molar-refractivity contribution in [1.29, 1.82) is 0 Å². The predicted molar refractivity (Wildman–Crippen MR) is 127 cm³/mol. The van der Waals surface area contributed by atoms with Crippen LogP contribution in [0.15, 0.2) is 66.0 Å². The Morgan fingerprint density at radius 3 is 2.29 bits per heavy atom. The van der Waals surface area contributed by atoms with Gasteiger partial charge in [-0.2, -0.15) is 26.0 Å². The Balaban J connectivity index is 1.91. The molecule has 7 nitrogen and oxygen atoms in total. The molecule has 0 amide bonds. The third-order valence-corrected chi connectivity index (χ3v) is 7.74. The molecule has 0 spiro atoms. The first-order chi connectivity index (χ1) is 16.4. The van der Waals surface area contributed by atoms with E-state index in [1.54, 1.807) is 42.3 Å². The maximum Gasteiger partial charge on any atom is 0.418 e. The molecule has 11 heteroatoms. The van der Waals surface area contributed by atoms with Gasteiger partial charge in [-0.3, -0.25) is 0 Å². The Labute approximate surface area is 202 Å². The van der Waals surface area contributed by atoms with Gasteiger partial charge in [0.05, 0.1) is 5.56 Å². The second kappa shape index (κ2) is 9.21. The summed E-state index contributed by atoms with van der Waals surface area (Å²) < 4.78 is 70.2. The van der Waals surface area contributed by atoms with Crippen molar-refractivity contribution in [3.8, 4) is 11.1 Å². The first-order valence-electron chi connectivity index (χ1n) is 11.0. The SMILES string of the molecule is Cc1ccccc1-c1cc(N(N2CCC(C)(N)CC2)S(=O)(=O)c2ccccn2)ncc1C(F)(F)F. The molecule has 1 fully saturated rings. The number of nitrogens with zero attached hydrogens (tertiary/aromatic N) is 4. The second-order valence-corrected chi connectivity index (χ2v) is 10.6. The van der Waals surface area contributed by atoms with E-state index in [0.29, 0.717) is 30.2 Å². The van der Waals surface area contributed by atoms with Crippen LogP contribution < -0.4 is 10.1 Å². The van der Waals surface area contributed by atoms with Gasteiger partial charge in [0.15, 0.2) is 10.8 Å². The number of aryl methyl sites for hydroxylation is 1. The van der Waals surface area contributed by atoms with E-state index in [9.17, 15) is 21.6 Å². The molecule has 0 bridgehead atoms. The highest BCUT2D eigenvalue weighted by molar-refractivity contribution is 7.92. The van der Waals surface area contributed by atoms with Crippen molar-refractivity contribution in [2.45, 2.75) is 43.4 Å². The molecule has 1 aromatic carbocycles. The Kier molecular flexibility index (Phi) is 6.60. The van der Waals surface area contributed by atoms with Crippen molar-refractivity contribution in [2.75, 3.05) is 17.5 Å². The molecule has 186 valence electrons. The van der Waals surface area contributed by atoms with Crippen LogP contribution in [0.4, 0.5) is 19.0 Å². The fourth-order valence-electron chi connectivity index (χ4n) is 4.07. The standard InChI is InChI=1S/C24H26F3N5O2S/c1-17-7-3-4-8-18(17)19-15-21(30-16-20(19)24(25,26)27)32(31-13-10-23(2,28)11-14-31)35(33,34)22-9-5-6-12-29-22/h3-9,12,15-16H,10-11,13-14,28H2,1-2H3. The molecular formula is C24H26F3N5O2S. The van der Waals surface area contributed by atoms with E-state index < -0.39 is 27.3 Å². The largest absolute Gasteiger partial charge is 0.418 e. The number of nitrogens with two attached hydrogens (primary N) is 1. The van der Waals surface area contributed by atoms with Crippen LogP contribution in [-0.2, 0) is 16.2 Å². The van der Waals surface area contributed by atoms with E-state index in [4.69, 9.17) is 5.73 Å². The highest BCUT2D eigenvalue weighted by atomic mass is 32.2. The summed E-state index contributed by atoms with van der Waals surface area (Å²) in [5, 5.41) is 1.32. The third kappa shape index (κ3) is 5.16. The van der Waals surface area contributed by atoms with Crippen molar-refractivity contribution >= 4 is 15.8 Å². The normalized spacial score (nSPS) is 16.7. The average molecular weight is 506 g/mol. The van der Waals surface area contributed by atoms with Gasteiger partial charge in [-0.25, -0.2) is 15.0 Å². The molecule has 0 unspecified atom stereocenters. The summed E-state index contributed by atoms with van der Waals surface area (Å²) in [6, 6.07) is 12.3. The summed E-state index contributed by atoms with van der Waals surface area (Å²) in [6.07, 6.45) is -1.66. The summed E-state index contributed by atoms with van der Waals surface area (Å²) in [5.74, 6) is -0.150. The molecule has 1 saturated heterocycles. The van der Waals surface area contributed by atoms with E-state index in [0.717, 1.165) is 4.41 Å². The molecule has 3 heterocycles. The fraction of sp³-hybridized carbons (Fsp3) is 0.333. The summed E-state index contributed by atoms with van der Waals surface area (Å²) in [7, 11) is -4.28. The number of hydrogen-bond acceptors (Lipinski definition) is 6. The summed E-state index contributed by atoms with van der Waals surface area (Å²) in [6.45, 7) is 4.14. The van der Waals surface area contributed by atoms with Crippen LogP contribution in [0.1, 0.15) is 30.9 Å². The van der Waals surface area contributed by atoms with Crippen LogP contribution in [-0.4, -0.2) is 42.0 Å². The first kappa shape index (κ1) is 25.1. The number of alkyl halides is 3. The number of hydrogen-bond donors (Lipinski definition) is 1. The molecule has 1 aliphatic rings. The lowest BCUT2D eigenvalue weighted by Crippen LogP contribution is -2.56. The highest BCUT2D eigenvalue weighted by Gasteiger charge is 2.39. The third-order valence-electron chi connectivity index (χ3n) is 6.09. The Morgan fingerprint density at radius 2 is 1.69 bits per heavy atom. The number of halogens is 3. The minimum absolute atomic E-state index is 0.150. The maximum atomic E-state index is 13.9. The monoisotopic (exact) mass is 505 g/mol. The second-order valence-electron chi connectivity index (χ2n) is 8.92. The lowest BCUT2D eigenvalue weighted by atomic mass is 9.92. The average Bonchev–Trinajstić information content (AvgIpc) is 2.80. The van der Waals surface area contributed by atoms with Crippen LogP contribution in [0.2, 0.25) is 0 Å².